The summed E-state index contributed by atoms with van der Waals surface area (Å²) in [5.74, 6) is 0. The van der Waals surface area contributed by atoms with Gasteiger partial charge in [0.1, 0.15) is 6.29 Å². The van der Waals surface area contributed by atoms with Crippen molar-refractivity contribution in [3.8, 4) is 11.1 Å². The Balaban J connectivity index is 1.88. The van der Waals surface area contributed by atoms with Gasteiger partial charge in [0, 0.05) is 10.6 Å². The van der Waals surface area contributed by atoms with Crippen LogP contribution >= 0.6 is 11.6 Å². The van der Waals surface area contributed by atoms with Gasteiger partial charge in [-0.2, -0.15) is 0 Å². The summed E-state index contributed by atoms with van der Waals surface area (Å²) in [4.78, 5) is 11.3. The number of hydrogen-bond donors (Lipinski definition) is 0. The maximum absolute atomic E-state index is 11.3. The Morgan fingerprint density at radius 2 is 1.31 bits per heavy atom. The molecule has 1 nitrogen and oxygen atoms in total. The zero-order valence-corrected chi connectivity index (χ0v) is 19.3. The molecule has 1 aliphatic rings. The fourth-order valence-corrected chi connectivity index (χ4v) is 5.24. The molecule has 0 aromatic heterocycles. The second kappa shape index (κ2) is 7.46. The van der Waals surface area contributed by atoms with Gasteiger partial charge in [-0.25, -0.2) is 0 Å². The molecule has 0 heterocycles. The van der Waals surface area contributed by atoms with Crippen LogP contribution in [0.5, 0.6) is 0 Å². The number of halogens is 1. The van der Waals surface area contributed by atoms with E-state index < -0.39 is 5.41 Å². The third-order valence-electron chi connectivity index (χ3n) is 6.67. The second-order valence-electron chi connectivity index (χ2n) is 9.55. The maximum atomic E-state index is 11.3. The normalized spacial score (nSPS) is 17.0. The zero-order chi connectivity index (χ0) is 22.5. The highest BCUT2D eigenvalue weighted by atomic mass is 35.5. The van der Waals surface area contributed by atoms with E-state index in [1.165, 1.54) is 33.4 Å². The molecule has 2 heteroatoms. The number of hydrogen-bond acceptors (Lipinski definition) is 1. The topological polar surface area (TPSA) is 17.1 Å². The lowest BCUT2D eigenvalue weighted by Gasteiger charge is -2.34. The van der Waals surface area contributed by atoms with Crippen LogP contribution in [-0.2, 0) is 10.8 Å². The lowest BCUT2D eigenvalue weighted by atomic mass is 9.67. The zero-order valence-electron chi connectivity index (χ0n) is 18.5. The summed E-state index contributed by atoms with van der Waals surface area (Å²) in [7, 11) is 0. The highest BCUT2D eigenvalue weighted by Crippen LogP contribution is 2.56. The third kappa shape index (κ3) is 3.04. The van der Waals surface area contributed by atoms with Crippen molar-refractivity contribution >= 4 is 17.9 Å². The summed E-state index contributed by atoms with van der Waals surface area (Å²) in [5.41, 5.74) is 8.68. The molecule has 158 valence electrons. The van der Waals surface area contributed by atoms with Crippen molar-refractivity contribution in [2.75, 3.05) is 0 Å². The van der Waals surface area contributed by atoms with Crippen molar-refractivity contribution < 1.29 is 4.79 Å². The van der Waals surface area contributed by atoms with E-state index in [1.807, 2.05) is 18.2 Å². The minimum Gasteiger partial charge on any atom is -0.298 e. The number of aldehydes is 1. The Morgan fingerprint density at radius 1 is 0.719 bits per heavy atom. The molecule has 4 aromatic rings. The van der Waals surface area contributed by atoms with E-state index >= 15 is 0 Å². The van der Waals surface area contributed by atoms with Crippen LogP contribution in [0.4, 0.5) is 0 Å². The SMILES string of the molecule is CC(C)(C)c1ccc(C2(c3ccc(C=O)cc3)c3ccccc3-c3ccc(Cl)cc32)cc1. The van der Waals surface area contributed by atoms with Gasteiger partial charge in [0.2, 0.25) is 0 Å². The molecule has 1 aliphatic carbocycles. The molecule has 0 saturated heterocycles. The smallest absolute Gasteiger partial charge is 0.150 e. The quantitative estimate of drug-likeness (QED) is 0.263. The van der Waals surface area contributed by atoms with E-state index in [9.17, 15) is 4.79 Å². The fraction of sp³-hybridized carbons (Fsp3) is 0.167. The van der Waals surface area contributed by atoms with Gasteiger partial charge in [-0.3, -0.25) is 4.79 Å². The number of carbonyl (C=O) groups excluding carboxylic acids is 1. The summed E-state index contributed by atoms with van der Waals surface area (Å²) in [6, 6.07) is 31.7. The predicted octanol–water partition coefficient (Wildman–Crippen LogP) is 7.81. The Bertz CT molecular complexity index is 1310. The van der Waals surface area contributed by atoms with Crippen molar-refractivity contribution in [2.45, 2.75) is 31.6 Å². The monoisotopic (exact) mass is 436 g/mol. The van der Waals surface area contributed by atoms with Crippen LogP contribution in [0.2, 0.25) is 5.02 Å². The standard InChI is InChI=1S/C30H25ClO/c1-29(2,3)21-12-14-23(15-13-21)30(22-10-8-20(19-32)9-11-22)27-7-5-4-6-25(27)26-17-16-24(31)18-28(26)30/h4-19H,1-3H3. The van der Waals surface area contributed by atoms with E-state index in [0.717, 1.165) is 16.9 Å². The first kappa shape index (κ1) is 20.7. The highest BCUT2D eigenvalue weighted by Gasteiger charge is 2.46. The van der Waals surface area contributed by atoms with Crippen LogP contribution in [0, 0.1) is 0 Å². The summed E-state index contributed by atoms with van der Waals surface area (Å²) < 4.78 is 0. The van der Waals surface area contributed by atoms with Gasteiger partial charge in [-0.05, 0) is 56.5 Å². The Labute approximate surface area is 194 Å². The Kier molecular flexibility index (Phi) is 4.83. The molecule has 0 amide bonds. The first-order valence-electron chi connectivity index (χ1n) is 10.9. The molecule has 32 heavy (non-hydrogen) atoms. The lowest BCUT2D eigenvalue weighted by molar-refractivity contribution is 0.112. The first-order chi connectivity index (χ1) is 15.4. The first-order valence-corrected chi connectivity index (χ1v) is 11.3. The average molecular weight is 437 g/mol. The summed E-state index contributed by atoms with van der Waals surface area (Å²) in [5, 5.41) is 0.719. The van der Waals surface area contributed by atoms with Crippen molar-refractivity contribution in [3.63, 3.8) is 0 Å². The molecular formula is C30H25ClO. The molecule has 0 bridgehead atoms. The number of rotatable bonds is 3. The predicted molar refractivity (Wildman–Crippen MR) is 133 cm³/mol. The van der Waals surface area contributed by atoms with Crippen molar-refractivity contribution in [1.82, 2.24) is 0 Å². The van der Waals surface area contributed by atoms with Crippen LogP contribution in [0.15, 0.2) is 91.0 Å². The van der Waals surface area contributed by atoms with Crippen molar-refractivity contribution in [3.05, 3.63) is 129 Å². The largest absolute Gasteiger partial charge is 0.298 e. The van der Waals surface area contributed by atoms with Crippen molar-refractivity contribution in [1.29, 1.82) is 0 Å². The van der Waals surface area contributed by atoms with Gasteiger partial charge in [-0.15, -0.1) is 0 Å². The molecule has 4 aromatic carbocycles. The van der Waals surface area contributed by atoms with Crippen molar-refractivity contribution in [2.24, 2.45) is 0 Å². The lowest BCUT2D eigenvalue weighted by Crippen LogP contribution is -2.29. The summed E-state index contributed by atoms with van der Waals surface area (Å²) in [6.45, 7) is 6.70. The molecule has 0 radical (unpaired) electrons. The summed E-state index contributed by atoms with van der Waals surface area (Å²) in [6.07, 6.45) is 0.891. The second-order valence-corrected chi connectivity index (χ2v) is 9.99. The maximum Gasteiger partial charge on any atom is 0.150 e. The third-order valence-corrected chi connectivity index (χ3v) is 6.91. The van der Waals surface area contributed by atoms with Gasteiger partial charge in [0.15, 0.2) is 0 Å². The summed E-state index contributed by atoms with van der Waals surface area (Å²) >= 11 is 6.55. The molecule has 0 fully saturated rings. The van der Waals surface area contributed by atoms with Gasteiger partial charge >= 0.3 is 0 Å². The number of benzene rings is 4. The Hall–Kier alpha value is -3.16. The van der Waals surface area contributed by atoms with Crippen LogP contribution in [0.3, 0.4) is 0 Å². The Morgan fingerprint density at radius 3 is 1.94 bits per heavy atom. The van der Waals surface area contributed by atoms with E-state index in [-0.39, 0.29) is 5.41 Å². The molecular weight excluding hydrogens is 412 g/mol. The van der Waals surface area contributed by atoms with Crippen LogP contribution < -0.4 is 0 Å². The van der Waals surface area contributed by atoms with Gasteiger partial charge in [0.05, 0.1) is 5.41 Å². The molecule has 0 saturated carbocycles. The van der Waals surface area contributed by atoms with Crippen LogP contribution in [0.25, 0.3) is 11.1 Å². The molecule has 1 unspecified atom stereocenters. The molecule has 0 aliphatic heterocycles. The van der Waals surface area contributed by atoms with E-state index in [1.54, 1.807) is 0 Å². The number of carbonyl (C=O) groups is 1. The minimum absolute atomic E-state index is 0.0755. The van der Waals surface area contributed by atoms with Crippen LogP contribution in [0.1, 0.15) is 58.9 Å². The van der Waals surface area contributed by atoms with E-state index in [0.29, 0.717) is 5.56 Å². The molecule has 0 spiro atoms. The van der Waals surface area contributed by atoms with Gasteiger partial charge in [0.25, 0.3) is 0 Å². The fourth-order valence-electron chi connectivity index (χ4n) is 5.07. The molecule has 0 N–H and O–H groups in total. The van der Waals surface area contributed by atoms with Gasteiger partial charge < -0.3 is 0 Å². The molecule has 1 atom stereocenters. The van der Waals surface area contributed by atoms with E-state index in [2.05, 4.69) is 93.6 Å². The van der Waals surface area contributed by atoms with Gasteiger partial charge in [-0.1, -0.05) is 111 Å². The van der Waals surface area contributed by atoms with E-state index in [4.69, 9.17) is 11.6 Å². The highest BCUT2D eigenvalue weighted by molar-refractivity contribution is 6.30. The average Bonchev–Trinajstić information content (AvgIpc) is 3.09. The van der Waals surface area contributed by atoms with Crippen LogP contribution in [-0.4, -0.2) is 6.29 Å². The number of fused-ring (bicyclic) bond motifs is 3. The molecule has 5 rings (SSSR count). The minimum atomic E-state index is -0.505.